The molecule has 0 aliphatic carbocycles. The molecule has 0 spiro atoms. The van der Waals surface area contributed by atoms with Crippen LogP contribution in [0.25, 0.3) is 0 Å². The van der Waals surface area contributed by atoms with Crippen molar-refractivity contribution in [2.75, 3.05) is 12.3 Å². The first-order valence-electron chi connectivity index (χ1n) is 8.95. The number of imidazole rings is 1. The Morgan fingerprint density at radius 2 is 2.10 bits per heavy atom. The quantitative estimate of drug-likeness (QED) is 0.201. The van der Waals surface area contributed by atoms with E-state index in [1.54, 1.807) is 0 Å². The van der Waals surface area contributed by atoms with E-state index in [1.807, 2.05) is 0 Å². The molecule has 1 aliphatic rings. The van der Waals surface area contributed by atoms with Gasteiger partial charge in [-0.1, -0.05) is 0 Å². The van der Waals surface area contributed by atoms with Gasteiger partial charge in [-0.3, -0.25) is 9.36 Å². The van der Waals surface area contributed by atoms with Crippen molar-refractivity contribution < 1.29 is 34.1 Å². The normalized spacial score (nSPS) is 24.8. The molecule has 170 valence electrons. The number of carbonyl (C=O) groups is 1. The van der Waals surface area contributed by atoms with E-state index in [9.17, 15) is 34.2 Å². The van der Waals surface area contributed by atoms with Crippen molar-refractivity contribution in [2.24, 2.45) is 5.73 Å². The number of hydrogen-bond acceptors (Lipinski definition) is 10. The van der Waals surface area contributed by atoms with E-state index in [2.05, 4.69) is 15.0 Å². The van der Waals surface area contributed by atoms with Crippen LogP contribution in [0.2, 0.25) is 0 Å². The summed E-state index contributed by atoms with van der Waals surface area (Å²) in [5, 5.41) is 20.6. The van der Waals surface area contributed by atoms with Crippen LogP contribution in [0, 0.1) is 0 Å². The van der Waals surface area contributed by atoms with Gasteiger partial charge >= 0.3 is 13.4 Å². The predicted molar refractivity (Wildman–Crippen MR) is 103 cm³/mol. The van der Waals surface area contributed by atoms with Crippen molar-refractivity contribution >= 4 is 19.5 Å². The lowest BCUT2D eigenvalue weighted by Gasteiger charge is -2.29. The van der Waals surface area contributed by atoms with Crippen molar-refractivity contribution in [3.63, 3.8) is 0 Å². The lowest BCUT2D eigenvalue weighted by atomic mass is 10.1. The average molecular weight is 459 g/mol. The summed E-state index contributed by atoms with van der Waals surface area (Å²) in [7, 11) is -5.17. The summed E-state index contributed by atoms with van der Waals surface area (Å²) >= 11 is 0. The van der Waals surface area contributed by atoms with E-state index in [1.165, 1.54) is 24.8 Å². The Hall–Kier alpha value is -2.65. The number of anilines is 1. The van der Waals surface area contributed by atoms with Gasteiger partial charge in [0.1, 0.15) is 24.1 Å². The van der Waals surface area contributed by atoms with Gasteiger partial charge in [0.05, 0.1) is 18.9 Å². The zero-order valence-electron chi connectivity index (χ0n) is 15.9. The maximum atomic E-state index is 12.6. The number of amides is 1. The fraction of sp³-hybridized carbons (Fsp3) is 0.467. The Balaban J connectivity index is 1.79. The first kappa shape index (κ1) is 23.0. The number of aliphatic hydroxyl groups is 2. The van der Waals surface area contributed by atoms with E-state index >= 15 is 0 Å². The van der Waals surface area contributed by atoms with Crippen molar-refractivity contribution in [3.05, 3.63) is 41.0 Å². The number of rotatable bonds is 7. The van der Waals surface area contributed by atoms with E-state index < -0.39 is 56.5 Å². The van der Waals surface area contributed by atoms with Gasteiger partial charge in [0, 0.05) is 24.5 Å². The second-order valence-corrected chi connectivity index (χ2v) is 8.42. The van der Waals surface area contributed by atoms with E-state index in [-0.39, 0.29) is 16.9 Å². The van der Waals surface area contributed by atoms with Crippen LogP contribution < -0.4 is 17.2 Å². The highest BCUT2D eigenvalue weighted by Gasteiger charge is 2.47. The largest absolute Gasteiger partial charge is 0.432 e. The Bertz CT molecular complexity index is 1020. The first-order chi connectivity index (χ1) is 14.5. The lowest BCUT2D eigenvalue weighted by molar-refractivity contribution is -0.131. The second-order valence-electron chi connectivity index (χ2n) is 6.91. The molecule has 5 atom stereocenters. The van der Waals surface area contributed by atoms with E-state index in [0.717, 1.165) is 4.57 Å². The lowest BCUT2D eigenvalue weighted by Crippen LogP contribution is -2.48. The molecule has 31 heavy (non-hydrogen) atoms. The van der Waals surface area contributed by atoms with Crippen LogP contribution in [-0.4, -0.2) is 81.0 Å². The average Bonchev–Trinajstić information content (AvgIpc) is 3.28. The number of aliphatic hydroxyl groups excluding tert-OH is 2. The molecule has 2 aromatic heterocycles. The number of nitrogen functional groups attached to an aromatic ring is 1. The van der Waals surface area contributed by atoms with Crippen molar-refractivity contribution in [1.82, 2.24) is 24.2 Å². The highest BCUT2D eigenvalue weighted by atomic mass is 31.2. The molecule has 15 nitrogen and oxygen atoms in total. The van der Waals surface area contributed by atoms with Crippen LogP contribution >= 0.6 is 7.75 Å². The molecule has 3 rings (SSSR count). The number of nitrogens with two attached hydrogens (primary N) is 2. The molecule has 0 saturated carbocycles. The van der Waals surface area contributed by atoms with E-state index in [4.69, 9.17) is 16.2 Å². The first-order valence-corrected chi connectivity index (χ1v) is 10.5. The molecule has 2 unspecified atom stereocenters. The summed E-state index contributed by atoms with van der Waals surface area (Å²) in [6.45, 7) is -0.800. The Morgan fingerprint density at radius 1 is 1.39 bits per heavy atom. The summed E-state index contributed by atoms with van der Waals surface area (Å²) in [5.74, 6) is -1.18. The summed E-state index contributed by atoms with van der Waals surface area (Å²) in [6, 6.07) is -0.0757. The van der Waals surface area contributed by atoms with Gasteiger partial charge < -0.3 is 41.2 Å². The Morgan fingerprint density at radius 3 is 2.68 bits per heavy atom. The summed E-state index contributed by atoms with van der Waals surface area (Å²) in [5.41, 5.74) is 10.8. The van der Waals surface area contributed by atoms with Crippen LogP contribution in [0.3, 0.4) is 0 Å². The fourth-order valence-electron chi connectivity index (χ4n) is 3.14. The smallest absolute Gasteiger partial charge is 0.387 e. The zero-order valence-corrected chi connectivity index (χ0v) is 16.8. The van der Waals surface area contributed by atoms with Gasteiger partial charge in [-0.15, -0.1) is 0 Å². The van der Waals surface area contributed by atoms with Crippen LogP contribution in [0.5, 0.6) is 0 Å². The number of carbonyl (C=O) groups excluding carboxylic acids is 1. The maximum absolute atomic E-state index is 12.6. The molecule has 2 aromatic rings. The third-order valence-electron chi connectivity index (χ3n) is 4.70. The van der Waals surface area contributed by atoms with Gasteiger partial charge in [-0.05, 0) is 6.07 Å². The van der Waals surface area contributed by atoms with Crippen molar-refractivity contribution in [3.8, 4) is 0 Å². The van der Waals surface area contributed by atoms with Crippen LogP contribution in [-0.2, 0) is 20.5 Å². The fourth-order valence-corrected chi connectivity index (χ4v) is 3.92. The summed E-state index contributed by atoms with van der Waals surface area (Å²) in [6.07, 6.45) is -2.35. The molecule has 0 aromatic carbocycles. The van der Waals surface area contributed by atoms with Crippen LogP contribution in [0.1, 0.15) is 11.9 Å². The number of aromatic amines is 1. The molecule has 16 heteroatoms. The van der Waals surface area contributed by atoms with Crippen LogP contribution in [0.15, 0.2) is 29.6 Å². The van der Waals surface area contributed by atoms with Crippen LogP contribution in [0.4, 0.5) is 5.82 Å². The topological polar surface area (TPSA) is 243 Å². The summed E-state index contributed by atoms with van der Waals surface area (Å²) in [4.78, 5) is 53.9. The predicted octanol–water partition coefficient (Wildman–Crippen LogP) is -3.34. The second kappa shape index (κ2) is 8.84. The van der Waals surface area contributed by atoms with Gasteiger partial charge in [-0.25, -0.2) is 19.0 Å². The number of ether oxygens (including phenoxy) is 1. The SMILES string of the molecule is Nc1ccn([C@@H]2O[C@H](CN(C(=O)[C@@H](N)Cc3cnc[nH]3)P(=O)(O)O)C(O)C2O)c(=O)n1. The van der Waals surface area contributed by atoms with E-state index in [0.29, 0.717) is 5.69 Å². The minimum atomic E-state index is -5.17. The molecule has 3 heterocycles. The molecular weight excluding hydrogens is 437 g/mol. The van der Waals surface area contributed by atoms with Gasteiger partial charge in [0.25, 0.3) is 0 Å². The molecule has 1 amide bonds. The standard InChI is InChI=1S/C15H22N7O8P/c16-8(3-7-4-18-6-19-7)13(25)22(31(27,28)29)5-9-11(23)12(24)14(30-9)21-2-1-10(17)20-15(21)26/h1-2,4,6,8-9,11-12,14,23-24H,3,5,16H2,(H,18,19)(H2,17,20,26)(H2,27,28,29)/t8-,9+,11?,12?,14+/m0/s1. The molecule has 1 aliphatic heterocycles. The number of aromatic nitrogens is 4. The Kier molecular flexibility index (Phi) is 6.56. The Labute approximate surface area is 174 Å². The minimum absolute atomic E-state index is 0.0737. The third kappa shape index (κ3) is 4.99. The van der Waals surface area contributed by atoms with Gasteiger partial charge in [0.15, 0.2) is 6.23 Å². The minimum Gasteiger partial charge on any atom is -0.387 e. The number of hydrogen-bond donors (Lipinski definition) is 7. The molecule has 0 bridgehead atoms. The number of H-pyrrole nitrogens is 1. The molecule has 9 N–H and O–H groups in total. The van der Waals surface area contributed by atoms with Crippen molar-refractivity contribution in [2.45, 2.75) is 37.0 Å². The maximum Gasteiger partial charge on any atom is 0.432 e. The highest BCUT2D eigenvalue weighted by Crippen LogP contribution is 2.42. The van der Waals surface area contributed by atoms with Crippen molar-refractivity contribution in [1.29, 1.82) is 0 Å². The molecule has 1 fully saturated rings. The zero-order chi connectivity index (χ0) is 22.9. The molecule has 0 radical (unpaired) electrons. The number of nitrogens with one attached hydrogen (secondary N) is 1. The molecular formula is C15H22N7O8P. The monoisotopic (exact) mass is 459 g/mol. The molecule has 1 saturated heterocycles. The summed E-state index contributed by atoms with van der Waals surface area (Å²) < 4.78 is 18.4. The highest BCUT2D eigenvalue weighted by molar-refractivity contribution is 7.49. The number of nitrogens with zero attached hydrogens (tertiary/aromatic N) is 4. The van der Waals surface area contributed by atoms with Gasteiger partial charge in [0.2, 0.25) is 5.91 Å². The van der Waals surface area contributed by atoms with Gasteiger partial charge in [-0.2, -0.15) is 4.98 Å². The third-order valence-corrected chi connectivity index (χ3v) is 5.69.